The smallest absolute Gasteiger partial charge is 0.223 e. The lowest BCUT2D eigenvalue weighted by molar-refractivity contribution is -0.125. The molecule has 1 aromatic heterocycles. The zero-order valence-corrected chi connectivity index (χ0v) is 9.97. The van der Waals surface area contributed by atoms with Gasteiger partial charge in [-0.1, -0.05) is 19.1 Å². The predicted molar refractivity (Wildman–Crippen MR) is 66.2 cm³/mol. The first-order chi connectivity index (χ1) is 8.19. The molecule has 0 aliphatic carbocycles. The van der Waals surface area contributed by atoms with Gasteiger partial charge in [-0.05, 0) is 18.6 Å². The molecular weight excluding hydrogens is 216 g/mol. The minimum Gasteiger partial charge on any atom is -0.394 e. The van der Waals surface area contributed by atoms with Crippen LogP contribution in [0.1, 0.15) is 25.1 Å². The van der Waals surface area contributed by atoms with Gasteiger partial charge in [-0.3, -0.25) is 9.78 Å². The first kappa shape index (κ1) is 13.4. The number of rotatable bonds is 6. The van der Waals surface area contributed by atoms with E-state index < -0.39 is 6.04 Å². The maximum atomic E-state index is 11.8. The van der Waals surface area contributed by atoms with Gasteiger partial charge in [-0.15, -0.1) is 6.58 Å². The first-order valence-electron chi connectivity index (χ1n) is 5.62. The molecule has 0 bridgehead atoms. The average molecular weight is 234 g/mol. The SMILES string of the molecule is C=CCC(C)C(=O)N[C@@H](CO)c1ccccn1. The normalized spacial score (nSPS) is 13.8. The van der Waals surface area contributed by atoms with Crippen molar-refractivity contribution in [2.45, 2.75) is 19.4 Å². The monoisotopic (exact) mass is 234 g/mol. The van der Waals surface area contributed by atoms with Gasteiger partial charge in [-0.2, -0.15) is 0 Å². The van der Waals surface area contributed by atoms with E-state index in [4.69, 9.17) is 0 Å². The molecule has 0 spiro atoms. The first-order valence-corrected chi connectivity index (χ1v) is 5.62. The predicted octanol–water partition coefficient (Wildman–Crippen LogP) is 1.44. The zero-order chi connectivity index (χ0) is 12.7. The summed E-state index contributed by atoms with van der Waals surface area (Å²) in [4.78, 5) is 15.9. The third-order valence-corrected chi connectivity index (χ3v) is 2.51. The maximum Gasteiger partial charge on any atom is 0.223 e. The van der Waals surface area contributed by atoms with Crippen molar-refractivity contribution in [1.82, 2.24) is 10.3 Å². The van der Waals surface area contributed by atoms with Crippen LogP contribution in [0.2, 0.25) is 0 Å². The molecule has 0 saturated heterocycles. The van der Waals surface area contributed by atoms with E-state index in [1.807, 2.05) is 13.0 Å². The molecular formula is C13H18N2O2. The molecule has 1 amide bonds. The van der Waals surface area contributed by atoms with E-state index in [1.54, 1.807) is 24.4 Å². The summed E-state index contributed by atoms with van der Waals surface area (Å²) in [6.07, 6.45) is 3.96. The van der Waals surface area contributed by atoms with Crippen LogP contribution in [0, 0.1) is 5.92 Å². The second kappa shape index (κ2) is 6.81. The van der Waals surface area contributed by atoms with Crippen molar-refractivity contribution in [3.8, 4) is 0 Å². The molecule has 1 aromatic rings. The number of aliphatic hydroxyl groups is 1. The minimum atomic E-state index is -0.448. The van der Waals surface area contributed by atoms with Crippen molar-refractivity contribution < 1.29 is 9.90 Å². The third-order valence-electron chi connectivity index (χ3n) is 2.51. The number of carbonyl (C=O) groups excluding carboxylic acids is 1. The molecule has 2 atom stereocenters. The van der Waals surface area contributed by atoms with E-state index >= 15 is 0 Å². The summed E-state index contributed by atoms with van der Waals surface area (Å²) < 4.78 is 0. The van der Waals surface area contributed by atoms with Gasteiger partial charge in [0.05, 0.1) is 18.3 Å². The second-order valence-corrected chi connectivity index (χ2v) is 3.92. The van der Waals surface area contributed by atoms with Crippen LogP contribution < -0.4 is 5.32 Å². The Kier molecular flexibility index (Phi) is 5.36. The standard InChI is InChI=1S/C13H18N2O2/c1-3-6-10(2)13(17)15-12(9-16)11-7-4-5-8-14-11/h3-5,7-8,10,12,16H,1,6,9H2,2H3,(H,15,17)/t10?,12-/m0/s1. The van der Waals surface area contributed by atoms with Gasteiger partial charge < -0.3 is 10.4 Å². The van der Waals surface area contributed by atoms with Gasteiger partial charge in [0.1, 0.15) is 0 Å². The summed E-state index contributed by atoms with van der Waals surface area (Å²) in [5, 5.41) is 12.0. The summed E-state index contributed by atoms with van der Waals surface area (Å²) in [6.45, 7) is 5.26. The highest BCUT2D eigenvalue weighted by Gasteiger charge is 2.18. The van der Waals surface area contributed by atoms with Crippen molar-refractivity contribution in [3.63, 3.8) is 0 Å². The molecule has 0 aliphatic heterocycles. The van der Waals surface area contributed by atoms with Crippen LogP contribution in [0.4, 0.5) is 0 Å². The van der Waals surface area contributed by atoms with E-state index in [-0.39, 0.29) is 18.4 Å². The Balaban J connectivity index is 2.64. The lowest BCUT2D eigenvalue weighted by Crippen LogP contribution is -2.34. The molecule has 1 heterocycles. The Labute approximate surface area is 101 Å². The van der Waals surface area contributed by atoms with Crippen molar-refractivity contribution in [3.05, 3.63) is 42.7 Å². The Morgan fingerprint density at radius 3 is 2.94 bits per heavy atom. The number of pyridine rings is 1. The Bertz CT molecular complexity index is 365. The molecule has 1 rings (SSSR count). The fourth-order valence-electron chi connectivity index (χ4n) is 1.47. The molecule has 92 valence electrons. The Hall–Kier alpha value is -1.68. The van der Waals surface area contributed by atoms with Gasteiger partial charge in [0.2, 0.25) is 5.91 Å². The summed E-state index contributed by atoms with van der Waals surface area (Å²) in [6, 6.07) is 4.94. The highest BCUT2D eigenvalue weighted by Crippen LogP contribution is 2.11. The Morgan fingerprint density at radius 1 is 1.65 bits per heavy atom. The Morgan fingerprint density at radius 2 is 2.41 bits per heavy atom. The van der Waals surface area contributed by atoms with Crippen LogP contribution in [-0.4, -0.2) is 22.6 Å². The van der Waals surface area contributed by atoms with Crippen LogP contribution in [0.5, 0.6) is 0 Å². The molecule has 4 heteroatoms. The lowest BCUT2D eigenvalue weighted by atomic mass is 10.1. The average Bonchev–Trinajstić information content (AvgIpc) is 2.37. The second-order valence-electron chi connectivity index (χ2n) is 3.92. The van der Waals surface area contributed by atoms with Gasteiger partial charge in [0.15, 0.2) is 0 Å². The number of hydrogen-bond donors (Lipinski definition) is 2. The van der Waals surface area contributed by atoms with Crippen LogP contribution >= 0.6 is 0 Å². The molecule has 0 radical (unpaired) electrons. The molecule has 0 aromatic carbocycles. The van der Waals surface area contributed by atoms with Crippen molar-refractivity contribution in [2.75, 3.05) is 6.61 Å². The fraction of sp³-hybridized carbons (Fsp3) is 0.385. The van der Waals surface area contributed by atoms with Crippen LogP contribution in [0.15, 0.2) is 37.1 Å². The highest BCUT2D eigenvalue weighted by atomic mass is 16.3. The maximum absolute atomic E-state index is 11.8. The summed E-state index contributed by atoms with van der Waals surface area (Å²) in [7, 11) is 0. The van der Waals surface area contributed by atoms with Gasteiger partial charge in [0, 0.05) is 12.1 Å². The molecule has 1 unspecified atom stereocenters. The third kappa shape index (κ3) is 4.00. The van der Waals surface area contributed by atoms with Crippen molar-refractivity contribution in [1.29, 1.82) is 0 Å². The van der Waals surface area contributed by atoms with E-state index in [2.05, 4.69) is 16.9 Å². The number of amides is 1. The number of aromatic nitrogens is 1. The lowest BCUT2D eigenvalue weighted by Gasteiger charge is -2.18. The minimum absolute atomic E-state index is 0.102. The topological polar surface area (TPSA) is 62.2 Å². The fourth-order valence-corrected chi connectivity index (χ4v) is 1.47. The molecule has 0 aliphatic rings. The molecule has 17 heavy (non-hydrogen) atoms. The van der Waals surface area contributed by atoms with E-state index in [9.17, 15) is 9.90 Å². The highest BCUT2D eigenvalue weighted by molar-refractivity contribution is 5.78. The van der Waals surface area contributed by atoms with E-state index in [0.717, 1.165) is 0 Å². The molecule has 4 nitrogen and oxygen atoms in total. The van der Waals surface area contributed by atoms with Gasteiger partial charge in [-0.25, -0.2) is 0 Å². The van der Waals surface area contributed by atoms with Gasteiger partial charge in [0.25, 0.3) is 0 Å². The largest absolute Gasteiger partial charge is 0.394 e. The number of allylic oxidation sites excluding steroid dienone is 1. The van der Waals surface area contributed by atoms with Crippen molar-refractivity contribution in [2.24, 2.45) is 5.92 Å². The quantitative estimate of drug-likeness (QED) is 0.732. The summed E-state index contributed by atoms with van der Waals surface area (Å²) >= 11 is 0. The summed E-state index contributed by atoms with van der Waals surface area (Å²) in [5.41, 5.74) is 0.661. The van der Waals surface area contributed by atoms with Gasteiger partial charge >= 0.3 is 0 Å². The van der Waals surface area contributed by atoms with Crippen LogP contribution in [0.3, 0.4) is 0 Å². The summed E-state index contributed by atoms with van der Waals surface area (Å²) in [5.74, 6) is -0.250. The van der Waals surface area contributed by atoms with E-state index in [1.165, 1.54) is 0 Å². The number of nitrogens with one attached hydrogen (secondary N) is 1. The molecule has 2 N–H and O–H groups in total. The number of nitrogens with zero attached hydrogens (tertiary/aromatic N) is 1. The van der Waals surface area contributed by atoms with Crippen LogP contribution in [0.25, 0.3) is 0 Å². The zero-order valence-electron chi connectivity index (χ0n) is 9.97. The molecule has 0 saturated carbocycles. The van der Waals surface area contributed by atoms with E-state index in [0.29, 0.717) is 12.1 Å². The van der Waals surface area contributed by atoms with Crippen molar-refractivity contribution >= 4 is 5.91 Å². The number of aliphatic hydroxyl groups excluding tert-OH is 1. The molecule has 0 fully saturated rings. The number of carbonyl (C=O) groups is 1. The van der Waals surface area contributed by atoms with Crippen LogP contribution in [-0.2, 0) is 4.79 Å². The number of hydrogen-bond acceptors (Lipinski definition) is 3.